The number of hydrogen-bond acceptors (Lipinski definition) is 7. The highest BCUT2D eigenvalue weighted by atomic mass is 35.5. The van der Waals surface area contributed by atoms with E-state index >= 15 is 0 Å². The average molecular weight is 483 g/mol. The van der Waals surface area contributed by atoms with Crippen LogP contribution in [0.3, 0.4) is 0 Å². The number of hydrogen-bond donors (Lipinski definition) is 1. The molecule has 7 nitrogen and oxygen atoms in total. The molecule has 5 rings (SSSR count). The molecule has 0 saturated carbocycles. The van der Waals surface area contributed by atoms with Gasteiger partial charge in [0.15, 0.2) is 5.82 Å². The largest absolute Gasteiger partial charge is 0.508 e. The number of aromatic nitrogens is 4. The zero-order chi connectivity index (χ0) is 21.8. The number of piperazine rings is 1. The van der Waals surface area contributed by atoms with Gasteiger partial charge in [-0.05, 0) is 58.1 Å². The summed E-state index contributed by atoms with van der Waals surface area (Å²) in [6.07, 6.45) is 0.894. The zero-order valence-electron chi connectivity index (χ0n) is 18.2. The molecule has 1 N–H and O–H groups in total. The van der Waals surface area contributed by atoms with Crippen LogP contribution in [0, 0.1) is 0 Å². The molecule has 1 saturated heterocycles. The Balaban J connectivity index is 0.00000259. The fourth-order valence-electron chi connectivity index (χ4n) is 4.27. The Labute approximate surface area is 203 Å². The van der Waals surface area contributed by atoms with E-state index in [1.165, 1.54) is 10.4 Å². The number of phenolic OH excluding ortho intramolecular Hbond substituents is 1. The van der Waals surface area contributed by atoms with E-state index in [0.717, 1.165) is 50.7 Å². The second-order valence-corrected chi connectivity index (χ2v) is 8.93. The van der Waals surface area contributed by atoms with Crippen molar-refractivity contribution >= 4 is 29.4 Å². The summed E-state index contributed by atoms with van der Waals surface area (Å²) in [5.41, 5.74) is 2.42. The van der Waals surface area contributed by atoms with Crippen LogP contribution in [0.25, 0.3) is 0 Å². The molecule has 3 heterocycles. The summed E-state index contributed by atoms with van der Waals surface area (Å²) >= 11 is 1.75. The Kier molecular flexibility index (Phi) is 7.59. The Morgan fingerprint density at radius 2 is 1.67 bits per heavy atom. The fraction of sp³-hybridized carbons (Fsp3) is 0.292. The van der Waals surface area contributed by atoms with Gasteiger partial charge in [0.1, 0.15) is 11.8 Å². The lowest BCUT2D eigenvalue weighted by molar-refractivity contribution is 0.203. The van der Waals surface area contributed by atoms with Crippen LogP contribution in [0.2, 0.25) is 0 Å². The van der Waals surface area contributed by atoms with Crippen LogP contribution in [0.5, 0.6) is 5.75 Å². The van der Waals surface area contributed by atoms with Crippen LogP contribution < -0.4 is 4.90 Å². The van der Waals surface area contributed by atoms with Gasteiger partial charge in [0.2, 0.25) is 0 Å². The van der Waals surface area contributed by atoms with Gasteiger partial charge in [-0.3, -0.25) is 4.90 Å². The van der Waals surface area contributed by atoms with Crippen LogP contribution in [0.4, 0.5) is 5.69 Å². The van der Waals surface area contributed by atoms with Crippen molar-refractivity contribution in [3.63, 3.8) is 0 Å². The van der Waals surface area contributed by atoms with Gasteiger partial charge in [-0.2, -0.15) is 0 Å². The topological polar surface area (TPSA) is 70.3 Å². The fourth-order valence-corrected chi connectivity index (χ4v) is 5.12. The Morgan fingerprint density at radius 3 is 2.36 bits per heavy atom. The summed E-state index contributed by atoms with van der Waals surface area (Å²) in [6.45, 7) is 4.40. The smallest absolute Gasteiger partial charge is 0.173 e. The molecule has 1 fully saturated rings. The summed E-state index contributed by atoms with van der Waals surface area (Å²) in [5, 5.41) is 24.5. The average Bonchev–Trinajstić information content (AvgIpc) is 3.53. The standard InChI is InChI=1S/C24H26N6OS.ClH/c31-21-10-8-20(9-11-21)28-14-16-29(17-15-28)23(22-7-4-18-32-22)24-25-26-27-30(24)13-12-19-5-2-1-3-6-19;/h1-11,18,23,31H,12-17H2;1H. The molecule has 0 aliphatic carbocycles. The molecule has 4 aromatic rings. The zero-order valence-corrected chi connectivity index (χ0v) is 19.8. The van der Waals surface area contributed by atoms with E-state index in [1.54, 1.807) is 23.5 Å². The third kappa shape index (κ3) is 5.35. The minimum absolute atomic E-state index is 0. The normalized spacial score (nSPS) is 15.2. The monoisotopic (exact) mass is 482 g/mol. The second kappa shape index (κ2) is 10.8. The van der Waals surface area contributed by atoms with Crippen molar-refractivity contribution in [3.05, 3.63) is 88.4 Å². The van der Waals surface area contributed by atoms with Crippen molar-refractivity contribution in [2.24, 2.45) is 0 Å². The van der Waals surface area contributed by atoms with Gasteiger partial charge in [-0.1, -0.05) is 36.4 Å². The minimum Gasteiger partial charge on any atom is -0.508 e. The van der Waals surface area contributed by atoms with Crippen LogP contribution in [0.15, 0.2) is 72.1 Å². The maximum atomic E-state index is 9.58. The van der Waals surface area contributed by atoms with Crippen molar-refractivity contribution in [1.29, 1.82) is 0 Å². The van der Waals surface area contributed by atoms with E-state index < -0.39 is 0 Å². The second-order valence-electron chi connectivity index (χ2n) is 7.95. The molecule has 2 aromatic heterocycles. The number of phenols is 1. The number of anilines is 1. The number of rotatable bonds is 7. The van der Waals surface area contributed by atoms with E-state index in [-0.39, 0.29) is 18.4 Å². The predicted octanol–water partition coefficient (Wildman–Crippen LogP) is 4.02. The summed E-state index contributed by atoms with van der Waals surface area (Å²) in [7, 11) is 0. The molecule has 0 bridgehead atoms. The van der Waals surface area contributed by atoms with Crippen molar-refractivity contribution in [2.45, 2.75) is 19.0 Å². The molecule has 1 atom stereocenters. The molecule has 1 aliphatic heterocycles. The maximum Gasteiger partial charge on any atom is 0.173 e. The van der Waals surface area contributed by atoms with Gasteiger partial charge in [0.05, 0.1) is 0 Å². The number of tetrazole rings is 1. The predicted molar refractivity (Wildman–Crippen MR) is 133 cm³/mol. The Bertz CT molecular complexity index is 1110. The molecular formula is C24H27ClN6OS. The first kappa shape index (κ1) is 23.2. The highest BCUT2D eigenvalue weighted by molar-refractivity contribution is 7.10. The first-order valence-corrected chi connectivity index (χ1v) is 11.8. The summed E-state index contributed by atoms with van der Waals surface area (Å²) in [4.78, 5) is 6.10. The van der Waals surface area contributed by atoms with E-state index in [0.29, 0.717) is 5.75 Å². The third-order valence-electron chi connectivity index (χ3n) is 5.97. The highest BCUT2D eigenvalue weighted by Crippen LogP contribution is 2.32. The molecular weight excluding hydrogens is 456 g/mol. The first-order chi connectivity index (χ1) is 15.8. The van der Waals surface area contributed by atoms with Crippen LogP contribution in [0.1, 0.15) is 22.3 Å². The highest BCUT2D eigenvalue weighted by Gasteiger charge is 2.31. The number of thiophene rings is 1. The molecule has 33 heavy (non-hydrogen) atoms. The summed E-state index contributed by atoms with van der Waals surface area (Å²) in [5.74, 6) is 1.20. The molecule has 0 amide bonds. The molecule has 9 heteroatoms. The van der Waals surface area contributed by atoms with Gasteiger partial charge in [-0.15, -0.1) is 28.8 Å². The van der Waals surface area contributed by atoms with Crippen molar-refractivity contribution in [3.8, 4) is 5.75 Å². The number of benzene rings is 2. The lowest BCUT2D eigenvalue weighted by atomic mass is 10.1. The first-order valence-electron chi connectivity index (χ1n) is 10.9. The van der Waals surface area contributed by atoms with Gasteiger partial charge in [0, 0.05) is 43.3 Å². The molecule has 1 aliphatic rings. The third-order valence-corrected chi connectivity index (χ3v) is 6.89. The van der Waals surface area contributed by atoms with Crippen LogP contribution >= 0.6 is 23.7 Å². The maximum absolute atomic E-state index is 9.58. The number of aromatic hydroxyl groups is 1. The molecule has 2 aromatic carbocycles. The van der Waals surface area contributed by atoms with E-state index in [9.17, 15) is 5.11 Å². The minimum atomic E-state index is 0. The van der Waals surface area contributed by atoms with Gasteiger partial charge in [-0.25, -0.2) is 4.68 Å². The lowest BCUT2D eigenvalue weighted by Gasteiger charge is -2.39. The number of aryl methyl sites for hydroxylation is 2. The lowest BCUT2D eigenvalue weighted by Crippen LogP contribution is -2.48. The van der Waals surface area contributed by atoms with Crippen molar-refractivity contribution in [2.75, 3.05) is 31.1 Å². The number of nitrogens with zero attached hydrogens (tertiary/aromatic N) is 6. The van der Waals surface area contributed by atoms with Gasteiger partial charge >= 0.3 is 0 Å². The van der Waals surface area contributed by atoms with Crippen molar-refractivity contribution in [1.82, 2.24) is 25.1 Å². The van der Waals surface area contributed by atoms with E-state index in [2.05, 4.69) is 67.1 Å². The summed E-state index contributed by atoms with van der Waals surface area (Å²) in [6, 6.07) is 22.2. The quantitative estimate of drug-likeness (QED) is 0.429. The Morgan fingerprint density at radius 1 is 0.909 bits per heavy atom. The molecule has 0 spiro atoms. The van der Waals surface area contributed by atoms with Crippen molar-refractivity contribution < 1.29 is 5.11 Å². The molecule has 0 radical (unpaired) electrons. The van der Waals surface area contributed by atoms with Crippen LogP contribution in [-0.4, -0.2) is 56.4 Å². The molecule has 172 valence electrons. The Hall–Kier alpha value is -2.94. The van der Waals surface area contributed by atoms with E-state index in [1.807, 2.05) is 22.9 Å². The van der Waals surface area contributed by atoms with Gasteiger partial charge in [0.25, 0.3) is 0 Å². The van der Waals surface area contributed by atoms with E-state index in [4.69, 9.17) is 0 Å². The van der Waals surface area contributed by atoms with Crippen LogP contribution in [-0.2, 0) is 13.0 Å². The summed E-state index contributed by atoms with van der Waals surface area (Å²) < 4.78 is 1.96. The van der Waals surface area contributed by atoms with Gasteiger partial charge < -0.3 is 10.0 Å². The number of halogens is 1. The SMILES string of the molecule is Cl.Oc1ccc(N2CCN(C(c3cccs3)c3nnnn3CCc3ccccc3)CC2)cc1. The molecule has 1 unspecified atom stereocenters.